The number of hydrogen-bond acceptors (Lipinski definition) is 3. The van der Waals surface area contributed by atoms with Crippen LogP contribution in [-0.2, 0) is 4.43 Å². The van der Waals surface area contributed by atoms with Crippen molar-refractivity contribution < 1.29 is 8.85 Å². The van der Waals surface area contributed by atoms with Gasteiger partial charge in [0.25, 0.3) is 0 Å². The van der Waals surface area contributed by atoms with Crippen molar-refractivity contribution in [2.24, 2.45) is 0 Å². The zero-order chi connectivity index (χ0) is 21.2. The van der Waals surface area contributed by atoms with E-state index >= 15 is 0 Å². The molecule has 0 N–H and O–H groups in total. The van der Waals surface area contributed by atoms with Gasteiger partial charge in [-0.05, 0) is 43.8 Å². The molecule has 0 fully saturated rings. The first kappa shape index (κ1) is 25.7. The Morgan fingerprint density at radius 1 is 0.724 bits per heavy atom. The van der Waals surface area contributed by atoms with Crippen LogP contribution in [0, 0.1) is 11.3 Å². The van der Waals surface area contributed by atoms with E-state index < -0.39 is 8.56 Å². The molecule has 0 radical (unpaired) electrons. The lowest BCUT2D eigenvalue weighted by atomic mass is 10.0. The lowest BCUT2D eigenvalue weighted by Crippen LogP contribution is -2.38. The summed E-state index contributed by atoms with van der Waals surface area (Å²) in [5.74, 6) is 0.793. The van der Waals surface area contributed by atoms with Crippen LogP contribution in [0.15, 0.2) is 24.3 Å². The van der Waals surface area contributed by atoms with Gasteiger partial charge < -0.3 is 8.85 Å². The first-order chi connectivity index (χ1) is 14.1. The van der Waals surface area contributed by atoms with Crippen molar-refractivity contribution in [2.75, 3.05) is 6.61 Å². The van der Waals surface area contributed by atoms with Crippen molar-refractivity contribution in [2.45, 2.75) is 110 Å². The van der Waals surface area contributed by atoms with Gasteiger partial charge in [-0.15, -0.1) is 0 Å². The second-order valence-corrected chi connectivity index (χ2v) is 11.9. The second kappa shape index (κ2) is 16.5. The number of nitrogens with zero attached hydrogens (tertiary/aromatic N) is 1. The molecule has 29 heavy (non-hydrogen) atoms. The normalized spacial score (nSPS) is 11.4. The van der Waals surface area contributed by atoms with Crippen molar-refractivity contribution in [3.05, 3.63) is 29.8 Å². The van der Waals surface area contributed by atoms with Crippen molar-refractivity contribution in [3.63, 3.8) is 0 Å². The maximum atomic E-state index is 8.86. The number of benzene rings is 1. The summed E-state index contributed by atoms with van der Waals surface area (Å²) < 4.78 is 12.1. The fraction of sp³-hybridized carbons (Fsp3) is 0.720. The molecule has 0 bridgehead atoms. The minimum atomic E-state index is -2.16. The quantitative estimate of drug-likeness (QED) is 0.179. The summed E-state index contributed by atoms with van der Waals surface area (Å²) in [4.78, 5) is 0. The minimum absolute atomic E-state index is 0.653. The van der Waals surface area contributed by atoms with Crippen LogP contribution in [0.25, 0.3) is 0 Å². The van der Waals surface area contributed by atoms with Gasteiger partial charge in [0.1, 0.15) is 5.75 Å². The third-order valence-corrected chi connectivity index (χ3v) is 6.92. The summed E-state index contributed by atoms with van der Waals surface area (Å²) in [6.45, 7) is 7.22. The molecule has 1 aromatic rings. The Morgan fingerprint density at radius 2 is 1.17 bits per heavy atom. The SMILES string of the molecule is CCCCCCCCCCCCCCCCO[Si](C)(C)Oc1ccc(C#N)cc1. The average Bonchev–Trinajstić information content (AvgIpc) is 2.71. The highest BCUT2D eigenvalue weighted by Crippen LogP contribution is 2.18. The van der Waals surface area contributed by atoms with Crippen molar-refractivity contribution >= 4 is 8.56 Å². The molecule has 0 heterocycles. The van der Waals surface area contributed by atoms with Crippen molar-refractivity contribution in [3.8, 4) is 11.8 Å². The molecule has 4 heteroatoms. The topological polar surface area (TPSA) is 42.2 Å². The van der Waals surface area contributed by atoms with E-state index in [4.69, 9.17) is 14.1 Å². The maximum absolute atomic E-state index is 8.86. The van der Waals surface area contributed by atoms with E-state index in [9.17, 15) is 0 Å². The predicted octanol–water partition coefficient (Wildman–Crippen LogP) is 8.14. The number of nitriles is 1. The van der Waals surface area contributed by atoms with Gasteiger partial charge in [-0.3, -0.25) is 0 Å². The van der Waals surface area contributed by atoms with Crippen LogP contribution in [0.3, 0.4) is 0 Å². The molecule has 164 valence electrons. The first-order valence-electron chi connectivity index (χ1n) is 11.9. The summed E-state index contributed by atoms with van der Waals surface area (Å²) in [7, 11) is -2.16. The molecule has 0 aliphatic carbocycles. The second-order valence-electron chi connectivity index (χ2n) is 8.58. The van der Waals surface area contributed by atoms with Gasteiger partial charge in [-0.25, -0.2) is 0 Å². The van der Waals surface area contributed by atoms with Crippen molar-refractivity contribution in [1.82, 2.24) is 0 Å². The third-order valence-electron chi connectivity index (χ3n) is 5.29. The van der Waals surface area contributed by atoms with E-state index in [2.05, 4.69) is 26.1 Å². The molecule has 0 spiro atoms. The van der Waals surface area contributed by atoms with Crippen molar-refractivity contribution in [1.29, 1.82) is 5.26 Å². The fourth-order valence-corrected chi connectivity index (χ4v) is 4.92. The molecule has 0 atom stereocenters. The zero-order valence-electron chi connectivity index (χ0n) is 19.2. The minimum Gasteiger partial charge on any atom is -0.520 e. The lowest BCUT2D eigenvalue weighted by molar-refractivity contribution is 0.240. The summed E-state index contributed by atoms with van der Waals surface area (Å²) in [6.07, 6.45) is 19.2. The van der Waals surface area contributed by atoms with Crippen LogP contribution in [0.5, 0.6) is 5.75 Å². The zero-order valence-corrected chi connectivity index (χ0v) is 20.2. The molecule has 0 aromatic heterocycles. The van der Waals surface area contributed by atoms with E-state index in [-0.39, 0.29) is 0 Å². The van der Waals surface area contributed by atoms with Gasteiger partial charge in [-0.2, -0.15) is 5.26 Å². The molecule has 0 amide bonds. The average molecular weight is 418 g/mol. The van der Waals surface area contributed by atoms with Gasteiger partial charge >= 0.3 is 8.56 Å². The van der Waals surface area contributed by atoms with Crippen LogP contribution < -0.4 is 4.43 Å². The Kier molecular flexibility index (Phi) is 14.6. The largest absolute Gasteiger partial charge is 0.520 e. The van der Waals surface area contributed by atoms with Crippen LogP contribution >= 0.6 is 0 Å². The molecule has 1 aromatic carbocycles. The molecular formula is C25H43NO2Si. The Hall–Kier alpha value is -1.31. The summed E-state index contributed by atoms with van der Waals surface area (Å²) in [5, 5.41) is 8.86. The Morgan fingerprint density at radius 3 is 1.62 bits per heavy atom. The Labute approximate surface area is 181 Å². The molecule has 0 aliphatic heterocycles. The maximum Gasteiger partial charge on any atom is 0.392 e. The molecule has 0 unspecified atom stereocenters. The molecule has 0 aliphatic rings. The standard InChI is InChI=1S/C25H43NO2Si/c1-4-5-6-7-8-9-10-11-12-13-14-15-16-17-22-27-29(2,3)28-25-20-18-24(23-26)19-21-25/h18-21H,4-17,22H2,1-3H3. The van der Waals surface area contributed by atoms with Gasteiger partial charge in [0.05, 0.1) is 11.6 Å². The van der Waals surface area contributed by atoms with Crippen LogP contribution in [0.2, 0.25) is 13.1 Å². The van der Waals surface area contributed by atoms with Crippen LogP contribution in [0.1, 0.15) is 102 Å². The monoisotopic (exact) mass is 417 g/mol. The highest BCUT2D eigenvalue weighted by Gasteiger charge is 2.26. The molecule has 1 rings (SSSR count). The summed E-state index contributed by atoms with van der Waals surface area (Å²) >= 11 is 0. The van der Waals surface area contributed by atoms with E-state index in [1.165, 1.54) is 83.5 Å². The molecule has 0 saturated carbocycles. The molecular weight excluding hydrogens is 374 g/mol. The van der Waals surface area contributed by atoms with E-state index in [0.717, 1.165) is 18.8 Å². The fourth-order valence-electron chi connectivity index (χ4n) is 3.53. The highest BCUT2D eigenvalue weighted by molar-refractivity contribution is 6.65. The lowest BCUT2D eigenvalue weighted by Gasteiger charge is -2.23. The van der Waals surface area contributed by atoms with Crippen LogP contribution in [0.4, 0.5) is 0 Å². The predicted molar refractivity (Wildman–Crippen MR) is 126 cm³/mol. The molecule has 3 nitrogen and oxygen atoms in total. The number of hydrogen-bond donors (Lipinski definition) is 0. The molecule has 0 saturated heterocycles. The Balaban J connectivity index is 1.92. The van der Waals surface area contributed by atoms with Gasteiger partial charge in [0, 0.05) is 6.61 Å². The number of unbranched alkanes of at least 4 members (excludes halogenated alkanes) is 13. The van der Waals surface area contributed by atoms with E-state index in [1.54, 1.807) is 12.1 Å². The third kappa shape index (κ3) is 14.3. The first-order valence-corrected chi connectivity index (χ1v) is 14.7. The van der Waals surface area contributed by atoms with Gasteiger partial charge in [-0.1, -0.05) is 90.4 Å². The highest BCUT2D eigenvalue weighted by atomic mass is 28.4. The summed E-state index contributed by atoms with van der Waals surface area (Å²) in [5.41, 5.74) is 0.653. The van der Waals surface area contributed by atoms with Gasteiger partial charge in [0.2, 0.25) is 0 Å². The number of rotatable bonds is 18. The smallest absolute Gasteiger partial charge is 0.392 e. The Bertz CT molecular complexity index is 551. The van der Waals surface area contributed by atoms with Crippen LogP contribution in [-0.4, -0.2) is 15.2 Å². The van der Waals surface area contributed by atoms with E-state index in [1.807, 2.05) is 12.1 Å². The van der Waals surface area contributed by atoms with Gasteiger partial charge in [0.15, 0.2) is 0 Å². The summed E-state index contributed by atoms with van der Waals surface area (Å²) in [6, 6.07) is 9.40. The van der Waals surface area contributed by atoms with E-state index in [0.29, 0.717) is 5.56 Å².